The summed E-state index contributed by atoms with van der Waals surface area (Å²) in [5.74, 6) is 0.316. The van der Waals surface area contributed by atoms with Gasteiger partial charge in [-0.25, -0.2) is 4.98 Å². The Labute approximate surface area is 125 Å². The fourth-order valence-corrected chi connectivity index (χ4v) is 2.75. The molecule has 0 saturated carbocycles. The molecule has 1 aromatic heterocycles. The van der Waals surface area contributed by atoms with Gasteiger partial charge in [0, 0.05) is 17.9 Å². The Morgan fingerprint density at radius 1 is 1.48 bits per heavy atom. The fraction of sp³-hybridized carbons (Fsp3) is 0.214. The Hall–Kier alpha value is -2.41. The molecule has 1 aliphatic rings. The topological polar surface area (TPSA) is 80.3 Å². The molecule has 0 fully saturated rings. The van der Waals surface area contributed by atoms with Crippen LogP contribution in [-0.2, 0) is 9.59 Å². The Bertz CT molecular complexity index is 726. The quantitative estimate of drug-likeness (QED) is 0.893. The van der Waals surface area contributed by atoms with Crippen molar-refractivity contribution in [2.24, 2.45) is 0 Å². The van der Waals surface area contributed by atoms with Gasteiger partial charge in [0.2, 0.25) is 5.91 Å². The minimum absolute atomic E-state index is 0.156. The number of nitrogens with zero attached hydrogens (tertiary/aromatic N) is 1. The first-order chi connectivity index (χ1) is 10.0. The molecule has 7 heteroatoms. The fourth-order valence-electron chi connectivity index (χ4n) is 1.98. The Balaban J connectivity index is 1.90. The molecule has 2 aromatic rings. The molecule has 21 heavy (non-hydrogen) atoms. The van der Waals surface area contributed by atoms with Crippen molar-refractivity contribution in [2.45, 2.75) is 20.0 Å². The second-order valence-corrected chi connectivity index (χ2v) is 5.54. The van der Waals surface area contributed by atoms with Gasteiger partial charge in [-0.1, -0.05) is 0 Å². The van der Waals surface area contributed by atoms with Crippen LogP contribution in [0.15, 0.2) is 23.6 Å². The van der Waals surface area contributed by atoms with Gasteiger partial charge in [0.15, 0.2) is 11.2 Å². The molecular weight excluding hydrogens is 290 g/mol. The van der Waals surface area contributed by atoms with E-state index >= 15 is 0 Å². The lowest BCUT2D eigenvalue weighted by Gasteiger charge is -2.23. The van der Waals surface area contributed by atoms with Gasteiger partial charge in [0.1, 0.15) is 5.75 Å². The number of aromatic nitrogens is 1. The van der Waals surface area contributed by atoms with Crippen LogP contribution in [0.4, 0.5) is 10.8 Å². The van der Waals surface area contributed by atoms with Gasteiger partial charge < -0.3 is 15.4 Å². The molecule has 1 aromatic carbocycles. The number of ether oxygens (including phenoxy) is 1. The minimum Gasteiger partial charge on any atom is -0.479 e. The monoisotopic (exact) mass is 303 g/mol. The van der Waals surface area contributed by atoms with Gasteiger partial charge >= 0.3 is 0 Å². The zero-order valence-electron chi connectivity index (χ0n) is 11.5. The van der Waals surface area contributed by atoms with Crippen LogP contribution in [0, 0.1) is 0 Å². The molecule has 3 rings (SSSR count). The third-order valence-electron chi connectivity index (χ3n) is 2.99. The molecule has 0 radical (unpaired) electrons. The number of hydrogen-bond acceptors (Lipinski definition) is 5. The van der Waals surface area contributed by atoms with Gasteiger partial charge in [-0.3, -0.25) is 9.59 Å². The molecule has 1 aliphatic heterocycles. The number of carbonyl (C=O) groups is 2. The van der Waals surface area contributed by atoms with E-state index in [1.54, 1.807) is 13.0 Å². The van der Waals surface area contributed by atoms with Gasteiger partial charge in [-0.2, -0.15) is 0 Å². The van der Waals surface area contributed by atoms with E-state index in [1.807, 2.05) is 17.5 Å². The summed E-state index contributed by atoms with van der Waals surface area (Å²) in [6.45, 7) is 3.14. The number of thiazole rings is 1. The zero-order valence-corrected chi connectivity index (χ0v) is 12.3. The molecule has 0 aliphatic carbocycles. The number of fused-ring (bicyclic) bond motifs is 1. The highest BCUT2D eigenvalue weighted by Crippen LogP contribution is 2.34. The zero-order chi connectivity index (χ0) is 15.0. The Morgan fingerprint density at radius 2 is 2.29 bits per heavy atom. The number of hydrogen-bond donors (Lipinski definition) is 2. The van der Waals surface area contributed by atoms with E-state index in [0.29, 0.717) is 16.6 Å². The molecule has 2 amide bonds. The van der Waals surface area contributed by atoms with Crippen LogP contribution in [0.2, 0.25) is 0 Å². The Kier molecular flexibility index (Phi) is 3.34. The number of nitrogens with one attached hydrogen (secondary N) is 2. The number of anilines is 2. The number of rotatable bonds is 2. The van der Waals surface area contributed by atoms with Crippen LogP contribution < -0.4 is 15.4 Å². The van der Waals surface area contributed by atoms with E-state index in [-0.39, 0.29) is 11.8 Å². The van der Waals surface area contributed by atoms with E-state index < -0.39 is 6.10 Å². The van der Waals surface area contributed by atoms with Crippen molar-refractivity contribution in [3.8, 4) is 17.0 Å². The minimum atomic E-state index is -0.492. The molecule has 0 saturated heterocycles. The summed E-state index contributed by atoms with van der Waals surface area (Å²) < 4.78 is 5.51. The highest BCUT2D eigenvalue weighted by atomic mass is 32.1. The summed E-state index contributed by atoms with van der Waals surface area (Å²) >= 11 is 1.35. The van der Waals surface area contributed by atoms with Crippen molar-refractivity contribution in [1.29, 1.82) is 0 Å². The van der Waals surface area contributed by atoms with Crippen molar-refractivity contribution in [1.82, 2.24) is 4.98 Å². The largest absolute Gasteiger partial charge is 0.479 e. The lowest BCUT2D eigenvalue weighted by Crippen LogP contribution is -2.34. The smallest absolute Gasteiger partial charge is 0.265 e. The number of carbonyl (C=O) groups excluding carboxylic acids is 2. The van der Waals surface area contributed by atoms with Crippen LogP contribution >= 0.6 is 11.3 Å². The summed E-state index contributed by atoms with van der Waals surface area (Å²) in [7, 11) is 0. The second-order valence-electron chi connectivity index (χ2n) is 4.68. The van der Waals surface area contributed by atoms with Gasteiger partial charge in [0.25, 0.3) is 5.91 Å². The lowest BCUT2D eigenvalue weighted by molar-refractivity contribution is -0.122. The maximum absolute atomic E-state index is 11.6. The molecule has 1 unspecified atom stereocenters. The Morgan fingerprint density at radius 3 is 3.05 bits per heavy atom. The highest BCUT2D eigenvalue weighted by Gasteiger charge is 2.23. The standard InChI is InChI=1S/C14H13N3O3S/c1-7-13(19)16-10-5-9(3-4-12(10)20-7)11-6-21-14(17-11)15-8(2)18/h3-7H,1-2H3,(H,16,19)(H,15,17,18). The van der Waals surface area contributed by atoms with Crippen molar-refractivity contribution in [2.75, 3.05) is 10.6 Å². The van der Waals surface area contributed by atoms with E-state index in [1.165, 1.54) is 18.3 Å². The van der Waals surface area contributed by atoms with Crippen molar-refractivity contribution in [3.05, 3.63) is 23.6 Å². The van der Waals surface area contributed by atoms with E-state index in [0.717, 1.165) is 11.3 Å². The maximum atomic E-state index is 11.6. The molecule has 1 atom stereocenters. The van der Waals surface area contributed by atoms with Gasteiger partial charge in [-0.05, 0) is 25.1 Å². The molecule has 6 nitrogen and oxygen atoms in total. The van der Waals surface area contributed by atoms with Crippen LogP contribution in [-0.4, -0.2) is 22.9 Å². The van der Waals surface area contributed by atoms with Crippen molar-refractivity contribution >= 4 is 34.0 Å². The van der Waals surface area contributed by atoms with Crippen LogP contribution in [0.1, 0.15) is 13.8 Å². The maximum Gasteiger partial charge on any atom is 0.265 e. The highest BCUT2D eigenvalue weighted by molar-refractivity contribution is 7.14. The van der Waals surface area contributed by atoms with Crippen LogP contribution in [0.25, 0.3) is 11.3 Å². The average molecular weight is 303 g/mol. The van der Waals surface area contributed by atoms with E-state index in [4.69, 9.17) is 4.74 Å². The van der Waals surface area contributed by atoms with Crippen molar-refractivity contribution < 1.29 is 14.3 Å². The van der Waals surface area contributed by atoms with Crippen LogP contribution in [0.5, 0.6) is 5.75 Å². The predicted octanol–water partition coefficient (Wildman–Crippen LogP) is 2.49. The number of amides is 2. The first-order valence-corrected chi connectivity index (χ1v) is 7.26. The van der Waals surface area contributed by atoms with Crippen molar-refractivity contribution in [3.63, 3.8) is 0 Å². The van der Waals surface area contributed by atoms with Gasteiger partial charge in [0.05, 0.1) is 11.4 Å². The predicted molar refractivity (Wildman–Crippen MR) is 80.6 cm³/mol. The third kappa shape index (κ3) is 2.73. The van der Waals surface area contributed by atoms with Crippen LogP contribution in [0.3, 0.4) is 0 Å². The molecule has 0 spiro atoms. The first-order valence-electron chi connectivity index (χ1n) is 6.38. The SMILES string of the molecule is CC(=O)Nc1nc(-c2ccc3c(c2)NC(=O)C(C)O3)cs1. The summed E-state index contributed by atoms with van der Waals surface area (Å²) in [6.07, 6.45) is -0.492. The third-order valence-corrected chi connectivity index (χ3v) is 3.75. The molecule has 2 heterocycles. The average Bonchev–Trinajstić information content (AvgIpc) is 2.87. The molecular formula is C14H13N3O3S. The van der Waals surface area contributed by atoms with E-state index in [9.17, 15) is 9.59 Å². The van der Waals surface area contributed by atoms with Gasteiger partial charge in [-0.15, -0.1) is 11.3 Å². The molecule has 2 N–H and O–H groups in total. The summed E-state index contributed by atoms with van der Waals surface area (Å²) in [5, 5.41) is 7.84. The van der Waals surface area contributed by atoms with E-state index in [2.05, 4.69) is 15.6 Å². The normalized spacial score (nSPS) is 16.7. The summed E-state index contributed by atoms with van der Waals surface area (Å²) in [6, 6.07) is 5.49. The number of benzene rings is 1. The summed E-state index contributed by atoms with van der Waals surface area (Å²) in [4.78, 5) is 27.0. The summed E-state index contributed by atoms with van der Waals surface area (Å²) in [5.41, 5.74) is 2.21. The second kappa shape index (κ2) is 5.17. The molecule has 0 bridgehead atoms. The lowest BCUT2D eigenvalue weighted by atomic mass is 10.1. The molecule has 108 valence electrons. The first kappa shape index (κ1) is 13.6.